The van der Waals surface area contributed by atoms with Gasteiger partial charge in [0.25, 0.3) is 0 Å². The fourth-order valence-corrected chi connectivity index (χ4v) is 13.4. The van der Waals surface area contributed by atoms with Crippen LogP contribution in [0.3, 0.4) is 0 Å². The summed E-state index contributed by atoms with van der Waals surface area (Å²) in [7, 11) is 0. The zero-order valence-electron chi connectivity index (χ0n) is 33.4. The standard InChI is InChI=1S/C58H36/c1-25-20-27(3)41(28(4)21-25)48-37-9-7-8-35-36-16-12-32-14-18-39-49(42-29(5)22-26(2)23-30(42)6)38-17-13-31-10-11-33-24-34-15-19-40(48)53-46(34)54-45(33)43(31)51(38)56-52(39)44(32)50(36)57(58(54)56)55(53)47(35)37/h7-24H,1-6H3. The molecule has 0 fully saturated rings. The Labute approximate surface area is 334 Å². The maximum Gasteiger partial charge on any atom is -0.00000263 e. The second-order valence-corrected chi connectivity index (χ2v) is 18.2. The van der Waals surface area contributed by atoms with Crippen LogP contribution in [0, 0.1) is 41.5 Å². The van der Waals surface area contributed by atoms with Crippen molar-refractivity contribution in [1.29, 1.82) is 0 Å². The number of aryl methyl sites for hydroxylation is 6. The monoisotopic (exact) mass is 732 g/mol. The highest BCUT2D eigenvalue weighted by molar-refractivity contribution is 6.61. The van der Waals surface area contributed by atoms with Crippen LogP contribution < -0.4 is 0 Å². The predicted octanol–water partition coefficient (Wildman–Crippen LogP) is 16.8. The van der Waals surface area contributed by atoms with Gasteiger partial charge in [0, 0.05) is 0 Å². The lowest BCUT2D eigenvalue weighted by Crippen LogP contribution is -2.02. The van der Waals surface area contributed by atoms with Crippen molar-refractivity contribution in [2.24, 2.45) is 0 Å². The molecule has 0 nitrogen and oxygen atoms in total. The van der Waals surface area contributed by atoms with Gasteiger partial charge in [0.05, 0.1) is 0 Å². The fraction of sp³-hybridized carbons (Fsp3) is 0.103. The Hall–Kier alpha value is -6.76. The van der Waals surface area contributed by atoms with Gasteiger partial charge in [0.15, 0.2) is 0 Å². The Kier molecular flexibility index (Phi) is 4.98. The zero-order chi connectivity index (χ0) is 38.4. The predicted molar refractivity (Wildman–Crippen MR) is 254 cm³/mol. The van der Waals surface area contributed by atoms with Crippen LogP contribution >= 0.6 is 0 Å². The van der Waals surface area contributed by atoms with E-state index < -0.39 is 0 Å². The third-order valence-corrected chi connectivity index (χ3v) is 15.0. The molecule has 0 atom stereocenters. The molecule has 0 heterocycles. The lowest BCUT2D eigenvalue weighted by Gasteiger charge is -2.31. The van der Waals surface area contributed by atoms with Gasteiger partial charge in [-0.05, 0) is 221 Å². The minimum Gasteiger partial charge on any atom is -0.0610 e. The quantitative estimate of drug-likeness (QED) is 0.123. The van der Waals surface area contributed by atoms with Crippen LogP contribution in [-0.4, -0.2) is 0 Å². The summed E-state index contributed by atoms with van der Waals surface area (Å²) in [5, 5.41) is 33.8. The summed E-state index contributed by atoms with van der Waals surface area (Å²) >= 11 is 0. The number of rotatable bonds is 2. The lowest BCUT2D eigenvalue weighted by atomic mass is 9.71. The highest BCUT2D eigenvalue weighted by Crippen LogP contribution is 2.62. The first-order chi connectivity index (χ1) is 28.3. The molecule has 268 valence electrons. The van der Waals surface area contributed by atoms with Gasteiger partial charge in [0.1, 0.15) is 0 Å². The van der Waals surface area contributed by atoms with E-state index in [-0.39, 0.29) is 0 Å². The van der Waals surface area contributed by atoms with Crippen molar-refractivity contribution in [3.8, 4) is 22.3 Å². The van der Waals surface area contributed by atoms with E-state index in [2.05, 4.69) is 151 Å². The highest BCUT2D eigenvalue weighted by Gasteiger charge is 2.33. The molecular weight excluding hydrogens is 697 g/mol. The molecule has 0 spiro atoms. The molecule has 0 unspecified atom stereocenters. The van der Waals surface area contributed by atoms with Crippen molar-refractivity contribution in [3.63, 3.8) is 0 Å². The minimum atomic E-state index is 1.32. The van der Waals surface area contributed by atoms with Gasteiger partial charge in [-0.15, -0.1) is 0 Å². The average molecular weight is 733 g/mol. The molecule has 0 heteroatoms. The lowest BCUT2D eigenvalue weighted by molar-refractivity contribution is 1.33. The van der Waals surface area contributed by atoms with Gasteiger partial charge >= 0.3 is 0 Å². The maximum atomic E-state index is 2.51. The van der Waals surface area contributed by atoms with Crippen molar-refractivity contribution in [1.82, 2.24) is 0 Å². The van der Waals surface area contributed by atoms with E-state index in [4.69, 9.17) is 0 Å². The number of fused-ring (bicyclic) bond motifs is 1. The second kappa shape index (κ2) is 9.50. The highest BCUT2D eigenvalue weighted by atomic mass is 14.3. The number of hydrogen-bond donors (Lipinski definition) is 0. The summed E-state index contributed by atoms with van der Waals surface area (Å²) in [5.74, 6) is 0. The minimum absolute atomic E-state index is 1.32. The summed E-state index contributed by atoms with van der Waals surface area (Å²) < 4.78 is 0. The molecule has 15 aromatic rings. The Morgan fingerprint density at radius 3 is 1.10 bits per heavy atom. The second-order valence-electron chi connectivity index (χ2n) is 18.2. The van der Waals surface area contributed by atoms with Crippen molar-refractivity contribution >= 4 is 129 Å². The molecular formula is C58H36. The smallest absolute Gasteiger partial charge is 0.00000263 e. The number of hydrogen-bond acceptors (Lipinski definition) is 0. The molecule has 0 amide bonds. The van der Waals surface area contributed by atoms with Crippen LogP contribution in [0.15, 0.2) is 109 Å². The Bertz CT molecular complexity index is 4240. The van der Waals surface area contributed by atoms with Gasteiger partial charge < -0.3 is 0 Å². The molecule has 0 radical (unpaired) electrons. The van der Waals surface area contributed by atoms with Crippen LogP contribution in [0.25, 0.3) is 152 Å². The van der Waals surface area contributed by atoms with E-state index in [1.54, 1.807) is 0 Å². The maximum absolute atomic E-state index is 2.51. The molecule has 0 aliphatic heterocycles. The Morgan fingerprint density at radius 2 is 0.534 bits per heavy atom. The van der Waals surface area contributed by atoms with E-state index in [9.17, 15) is 0 Å². The van der Waals surface area contributed by atoms with Crippen molar-refractivity contribution in [2.75, 3.05) is 0 Å². The Balaban J connectivity index is 1.35. The molecule has 0 N–H and O–H groups in total. The van der Waals surface area contributed by atoms with Crippen LogP contribution in [0.4, 0.5) is 0 Å². The SMILES string of the molecule is Cc1cc(C)c(-c2c3cccc4c5ccc6ccc7c(-c8c(C)cc(C)cc8C)c8ccc9ccc%10cc%11ccc2c2c%11c%11c%10c9c8c8c7c6c5c(c2c34)c%118)c(C)c1. The fourth-order valence-electron chi connectivity index (χ4n) is 13.4. The molecule has 15 rings (SSSR count). The summed E-state index contributed by atoms with van der Waals surface area (Å²) in [6.07, 6.45) is 0. The molecule has 0 aliphatic carbocycles. The molecule has 58 heavy (non-hydrogen) atoms. The third-order valence-electron chi connectivity index (χ3n) is 15.0. The van der Waals surface area contributed by atoms with Gasteiger partial charge in [0.2, 0.25) is 0 Å². The summed E-state index contributed by atoms with van der Waals surface area (Å²) in [4.78, 5) is 0. The van der Waals surface area contributed by atoms with Crippen molar-refractivity contribution in [3.05, 3.63) is 143 Å². The first-order valence-corrected chi connectivity index (χ1v) is 20.9. The van der Waals surface area contributed by atoms with Crippen molar-refractivity contribution in [2.45, 2.75) is 41.5 Å². The van der Waals surface area contributed by atoms with E-state index in [0.29, 0.717) is 0 Å². The van der Waals surface area contributed by atoms with Crippen LogP contribution in [0.2, 0.25) is 0 Å². The molecule has 0 aliphatic rings. The van der Waals surface area contributed by atoms with E-state index >= 15 is 0 Å². The summed E-state index contributed by atoms with van der Waals surface area (Å²) in [6, 6.07) is 43.5. The molecule has 0 saturated heterocycles. The van der Waals surface area contributed by atoms with E-state index in [1.807, 2.05) is 0 Å². The van der Waals surface area contributed by atoms with Gasteiger partial charge in [-0.3, -0.25) is 0 Å². The summed E-state index contributed by atoms with van der Waals surface area (Å²) in [6.45, 7) is 13.7. The number of benzene rings is 15. The molecule has 0 saturated carbocycles. The molecule has 0 bridgehead atoms. The van der Waals surface area contributed by atoms with Crippen LogP contribution in [0.5, 0.6) is 0 Å². The third kappa shape index (κ3) is 3.10. The first kappa shape index (κ1) is 30.4. The van der Waals surface area contributed by atoms with E-state index in [1.165, 1.54) is 185 Å². The summed E-state index contributed by atoms with van der Waals surface area (Å²) in [5.41, 5.74) is 13.6. The van der Waals surface area contributed by atoms with E-state index in [0.717, 1.165) is 0 Å². The van der Waals surface area contributed by atoms with Crippen LogP contribution in [0.1, 0.15) is 33.4 Å². The largest absolute Gasteiger partial charge is 0.0610 e. The van der Waals surface area contributed by atoms with Crippen molar-refractivity contribution < 1.29 is 0 Å². The zero-order valence-corrected chi connectivity index (χ0v) is 33.4. The topological polar surface area (TPSA) is 0 Å². The molecule has 0 aromatic heterocycles. The average Bonchev–Trinajstić information content (AvgIpc) is 3.21. The normalized spacial score (nSPS) is 13.3. The first-order valence-electron chi connectivity index (χ1n) is 20.9. The van der Waals surface area contributed by atoms with Gasteiger partial charge in [-0.1, -0.05) is 114 Å². The van der Waals surface area contributed by atoms with Gasteiger partial charge in [-0.2, -0.15) is 0 Å². The molecule has 15 aromatic carbocycles. The van der Waals surface area contributed by atoms with Gasteiger partial charge in [-0.25, -0.2) is 0 Å². The Morgan fingerprint density at radius 1 is 0.224 bits per heavy atom. The van der Waals surface area contributed by atoms with Crippen LogP contribution in [-0.2, 0) is 0 Å².